The summed E-state index contributed by atoms with van der Waals surface area (Å²) in [5.74, 6) is 0. The number of carbonyl (C=O) groups excluding carboxylic acids is 1. The first-order chi connectivity index (χ1) is 7.09. The maximum Gasteiger partial charge on any atom is 0.508 e. The minimum atomic E-state index is -0.590. The summed E-state index contributed by atoms with van der Waals surface area (Å²) >= 11 is 0. The largest absolute Gasteiger partial charge is 0.508 e. The predicted octanol–water partition coefficient (Wildman–Crippen LogP) is 2.21. The molecule has 0 aromatic carbocycles. The first-order valence-corrected chi connectivity index (χ1v) is 5.72. The maximum atomic E-state index is 11.3. The molecule has 1 saturated carbocycles. The second kappa shape index (κ2) is 5.95. The molecule has 4 nitrogen and oxygen atoms in total. The topological polar surface area (TPSA) is 61.5 Å². The number of rotatable bonds is 2. The standard InChI is InChI=1S/C11H21NO3/c1-8(2)14-11(13)15-10-7-5-3-4-6-9(10)12/h8-10H,3-7,12H2,1-2H3. The molecule has 88 valence electrons. The number of nitrogens with two attached hydrogens (primary N) is 1. The summed E-state index contributed by atoms with van der Waals surface area (Å²) in [6.45, 7) is 3.60. The molecule has 2 unspecified atom stereocenters. The summed E-state index contributed by atoms with van der Waals surface area (Å²) in [6.07, 6.45) is 4.26. The van der Waals surface area contributed by atoms with Gasteiger partial charge in [-0.25, -0.2) is 4.79 Å². The Morgan fingerprint density at radius 1 is 1.27 bits per heavy atom. The summed E-state index contributed by atoms with van der Waals surface area (Å²) in [6, 6.07) is -0.0350. The Bertz CT molecular complexity index is 206. The van der Waals surface area contributed by atoms with E-state index >= 15 is 0 Å². The van der Waals surface area contributed by atoms with E-state index in [9.17, 15) is 4.79 Å². The molecule has 0 bridgehead atoms. The molecule has 1 aliphatic rings. The molecule has 1 fully saturated rings. The highest BCUT2D eigenvalue weighted by Gasteiger charge is 2.24. The molecule has 15 heavy (non-hydrogen) atoms. The van der Waals surface area contributed by atoms with E-state index in [4.69, 9.17) is 15.2 Å². The Kier molecular flexibility index (Phi) is 4.88. The lowest BCUT2D eigenvalue weighted by Gasteiger charge is -2.21. The fourth-order valence-corrected chi connectivity index (χ4v) is 1.79. The molecule has 1 aliphatic carbocycles. The summed E-state index contributed by atoms with van der Waals surface area (Å²) in [5, 5.41) is 0. The van der Waals surface area contributed by atoms with Gasteiger partial charge in [0, 0.05) is 6.04 Å². The summed E-state index contributed by atoms with van der Waals surface area (Å²) < 4.78 is 10.1. The second-order valence-corrected chi connectivity index (χ2v) is 4.37. The van der Waals surface area contributed by atoms with Crippen LogP contribution in [0.4, 0.5) is 4.79 Å². The van der Waals surface area contributed by atoms with Gasteiger partial charge in [-0.3, -0.25) is 0 Å². The number of carbonyl (C=O) groups is 1. The van der Waals surface area contributed by atoms with E-state index in [-0.39, 0.29) is 18.2 Å². The third-order valence-electron chi connectivity index (χ3n) is 2.58. The van der Waals surface area contributed by atoms with Gasteiger partial charge in [-0.15, -0.1) is 0 Å². The molecule has 2 atom stereocenters. The molecular formula is C11H21NO3. The van der Waals surface area contributed by atoms with Gasteiger partial charge < -0.3 is 15.2 Å². The minimum Gasteiger partial charge on any atom is -0.432 e. The van der Waals surface area contributed by atoms with Gasteiger partial charge in [-0.05, 0) is 33.1 Å². The van der Waals surface area contributed by atoms with Crippen molar-refractivity contribution in [3.63, 3.8) is 0 Å². The Morgan fingerprint density at radius 3 is 2.60 bits per heavy atom. The van der Waals surface area contributed by atoms with Gasteiger partial charge in [0.25, 0.3) is 0 Å². The van der Waals surface area contributed by atoms with Gasteiger partial charge in [-0.1, -0.05) is 12.8 Å². The van der Waals surface area contributed by atoms with Gasteiger partial charge in [0.2, 0.25) is 0 Å². The lowest BCUT2D eigenvalue weighted by molar-refractivity contribution is -0.00210. The van der Waals surface area contributed by atoms with Gasteiger partial charge in [0.15, 0.2) is 0 Å². The van der Waals surface area contributed by atoms with Crippen molar-refractivity contribution in [3.05, 3.63) is 0 Å². The normalized spacial score (nSPS) is 27.2. The third kappa shape index (κ3) is 4.51. The summed E-state index contributed by atoms with van der Waals surface area (Å²) in [4.78, 5) is 11.3. The first-order valence-electron chi connectivity index (χ1n) is 5.72. The second-order valence-electron chi connectivity index (χ2n) is 4.37. The molecule has 0 amide bonds. The number of hydrogen-bond donors (Lipinski definition) is 1. The average molecular weight is 215 g/mol. The van der Waals surface area contributed by atoms with Crippen molar-refractivity contribution in [2.45, 2.75) is 64.2 Å². The van der Waals surface area contributed by atoms with E-state index in [1.807, 2.05) is 0 Å². The predicted molar refractivity (Wildman–Crippen MR) is 57.6 cm³/mol. The van der Waals surface area contributed by atoms with Crippen molar-refractivity contribution in [1.29, 1.82) is 0 Å². The Hall–Kier alpha value is -0.770. The van der Waals surface area contributed by atoms with E-state index in [2.05, 4.69) is 0 Å². The van der Waals surface area contributed by atoms with Crippen molar-refractivity contribution in [1.82, 2.24) is 0 Å². The molecule has 0 heterocycles. The van der Waals surface area contributed by atoms with Crippen molar-refractivity contribution < 1.29 is 14.3 Å². The zero-order chi connectivity index (χ0) is 11.3. The van der Waals surface area contributed by atoms with Crippen molar-refractivity contribution >= 4 is 6.16 Å². The van der Waals surface area contributed by atoms with E-state index in [0.29, 0.717) is 0 Å². The lowest BCUT2D eigenvalue weighted by atomic mass is 10.1. The van der Waals surface area contributed by atoms with Crippen LogP contribution in [0.25, 0.3) is 0 Å². The van der Waals surface area contributed by atoms with E-state index in [0.717, 1.165) is 25.7 Å². The fraction of sp³-hybridized carbons (Fsp3) is 0.909. The maximum absolute atomic E-state index is 11.3. The van der Waals surface area contributed by atoms with Gasteiger partial charge >= 0.3 is 6.16 Å². The van der Waals surface area contributed by atoms with E-state index in [1.165, 1.54) is 6.42 Å². The average Bonchev–Trinajstić information content (AvgIpc) is 2.30. The Morgan fingerprint density at radius 2 is 1.93 bits per heavy atom. The summed E-state index contributed by atoms with van der Waals surface area (Å²) in [5.41, 5.74) is 5.93. The van der Waals surface area contributed by atoms with Crippen LogP contribution < -0.4 is 5.73 Å². The Labute approximate surface area is 91.1 Å². The number of ether oxygens (including phenoxy) is 2. The molecule has 0 radical (unpaired) electrons. The molecule has 0 aromatic heterocycles. The van der Waals surface area contributed by atoms with Crippen LogP contribution in [0, 0.1) is 0 Å². The van der Waals surface area contributed by atoms with Crippen LogP contribution in [0.3, 0.4) is 0 Å². The van der Waals surface area contributed by atoms with Crippen molar-refractivity contribution in [2.75, 3.05) is 0 Å². The van der Waals surface area contributed by atoms with E-state index in [1.54, 1.807) is 13.8 Å². The fourth-order valence-electron chi connectivity index (χ4n) is 1.79. The lowest BCUT2D eigenvalue weighted by Crippen LogP contribution is -2.37. The first kappa shape index (κ1) is 12.3. The third-order valence-corrected chi connectivity index (χ3v) is 2.58. The molecule has 0 saturated heterocycles. The van der Waals surface area contributed by atoms with Crippen LogP contribution in [-0.2, 0) is 9.47 Å². The molecule has 2 N–H and O–H groups in total. The zero-order valence-electron chi connectivity index (χ0n) is 9.57. The van der Waals surface area contributed by atoms with Gasteiger partial charge in [-0.2, -0.15) is 0 Å². The molecule has 0 aliphatic heterocycles. The van der Waals surface area contributed by atoms with Crippen LogP contribution >= 0.6 is 0 Å². The van der Waals surface area contributed by atoms with Gasteiger partial charge in [0.1, 0.15) is 6.10 Å². The molecule has 1 rings (SSSR count). The van der Waals surface area contributed by atoms with Crippen LogP contribution in [0.15, 0.2) is 0 Å². The van der Waals surface area contributed by atoms with Crippen molar-refractivity contribution in [3.8, 4) is 0 Å². The van der Waals surface area contributed by atoms with Crippen LogP contribution in [0.5, 0.6) is 0 Å². The van der Waals surface area contributed by atoms with Crippen LogP contribution in [0.1, 0.15) is 46.0 Å². The number of hydrogen-bond acceptors (Lipinski definition) is 4. The van der Waals surface area contributed by atoms with Crippen LogP contribution in [0.2, 0.25) is 0 Å². The molecule has 0 aromatic rings. The molecule has 4 heteroatoms. The summed E-state index contributed by atoms with van der Waals surface area (Å²) in [7, 11) is 0. The smallest absolute Gasteiger partial charge is 0.432 e. The SMILES string of the molecule is CC(C)OC(=O)OC1CCCCCC1N. The zero-order valence-corrected chi connectivity index (χ0v) is 9.57. The monoisotopic (exact) mass is 215 g/mol. The highest BCUT2D eigenvalue weighted by molar-refractivity contribution is 5.60. The Balaban J connectivity index is 2.37. The highest BCUT2D eigenvalue weighted by atomic mass is 16.7. The van der Waals surface area contributed by atoms with E-state index < -0.39 is 6.16 Å². The minimum absolute atomic E-state index is 0.0350. The molecule has 0 spiro atoms. The molecular weight excluding hydrogens is 194 g/mol. The van der Waals surface area contributed by atoms with Crippen molar-refractivity contribution in [2.24, 2.45) is 5.73 Å². The quantitative estimate of drug-likeness (QED) is 0.566. The highest BCUT2D eigenvalue weighted by Crippen LogP contribution is 2.19. The van der Waals surface area contributed by atoms with Gasteiger partial charge in [0.05, 0.1) is 6.10 Å². The van der Waals surface area contributed by atoms with Crippen LogP contribution in [-0.4, -0.2) is 24.4 Å².